The lowest BCUT2D eigenvalue weighted by molar-refractivity contribution is 0.102. The van der Waals surface area contributed by atoms with Crippen molar-refractivity contribution in [2.75, 3.05) is 25.6 Å². The minimum absolute atomic E-state index is 0.0401. The zero-order valence-corrected chi connectivity index (χ0v) is 15.8. The van der Waals surface area contributed by atoms with Crippen molar-refractivity contribution in [3.8, 4) is 11.5 Å². The van der Waals surface area contributed by atoms with Crippen LogP contribution >= 0.6 is 0 Å². The molecule has 0 fully saturated rings. The van der Waals surface area contributed by atoms with Crippen LogP contribution in [0, 0.1) is 0 Å². The minimum atomic E-state index is -0.297. The number of hydrogen-bond donors (Lipinski definition) is 2. The summed E-state index contributed by atoms with van der Waals surface area (Å²) >= 11 is 0. The van der Waals surface area contributed by atoms with Crippen LogP contribution in [0.4, 0.5) is 5.69 Å². The average molecular weight is 357 g/mol. The molecule has 0 spiro atoms. The van der Waals surface area contributed by atoms with Crippen LogP contribution in [0.1, 0.15) is 43.1 Å². The Morgan fingerprint density at radius 1 is 1.12 bits per heavy atom. The Hall–Kier alpha value is -2.53. The van der Waals surface area contributed by atoms with E-state index < -0.39 is 0 Å². The maximum absolute atomic E-state index is 12.6. The molecule has 0 unspecified atom stereocenters. The summed E-state index contributed by atoms with van der Waals surface area (Å²) in [5.74, 6) is 0.369. The molecule has 2 N–H and O–H groups in total. The molecule has 0 heterocycles. The van der Waals surface area contributed by atoms with Gasteiger partial charge in [-0.15, -0.1) is 0 Å². The van der Waals surface area contributed by atoms with Crippen LogP contribution in [0.25, 0.3) is 0 Å². The van der Waals surface area contributed by atoms with Gasteiger partial charge in [-0.05, 0) is 41.3 Å². The fourth-order valence-electron chi connectivity index (χ4n) is 2.42. The lowest BCUT2D eigenvalue weighted by Crippen LogP contribution is -2.15. The first-order valence-electron chi connectivity index (χ1n) is 8.68. The van der Waals surface area contributed by atoms with Gasteiger partial charge in [0.15, 0.2) is 0 Å². The Morgan fingerprint density at radius 2 is 1.88 bits per heavy atom. The molecule has 2 aromatic rings. The first kappa shape index (κ1) is 19.8. The van der Waals surface area contributed by atoms with Crippen LogP contribution in [-0.4, -0.2) is 31.3 Å². The van der Waals surface area contributed by atoms with Gasteiger partial charge in [0.1, 0.15) is 11.5 Å². The fraction of sp³-hybridized carbons (Fsp3) is 0.381. The number of benzene rings is 2. The van der Waals surface area contributed by atoms with Crippen molar-refractivity contribution in [1.82, 2.24) is 0 Å². The van der Waals surface area contributed by atoms with E-state index in [2.05, 4.69) is 26.1 Å². The van der Waals surface area contributed by atoms with Gasteiger partial charge < -0.3 is 19.9 Å². The van der Waals surface area contributed by atoms with Crippen LogP contribution in [-0.2, 0) is 10.2 Å². The van der Waals surface area contributed by atoms with E-state index in [1.54, 1.807) is 43.5 Å². The molecule has 0 radical (unpaired) electrons. The Balaban J connectivity index is 2.10. The van der Waals surface area contributed by atoms with Crippen molar-refractivity contribution in [2.45, 2.75) is 32.6 Å². The van der Waals surface area contributed by atoms with Crippen LogP contribution in [0.2, 0.25) is 0 Å². The summed E-state index contributed by atoms with van der Waals surface area (Å²) < 4.78 is 10.6. The smallest absolute Gasteiger partial charge is 0.255 e. The standard InChI is InChI=1S/C21H27NO4/c1-21(2,3)16-9-10-19(23)18(14-16)22-20(24)15-7-5-8-17(13-15)26-12-6-11-25-4/h5,7-10,13-14,23H,6,11-12H2,1-4H3,(H,22,24). The van der Waals surface area contributed by atoms with Crippen molar-refractivity contribution in [1.29, 1.82) is 0 Å². The predicted octanol–water partition coefficient (Wildman–Crippen LogP) is 4.36. The number of anilines is 1. The minimum Gasteiger partial charge on any atom is -0.506 e. The first-order chi connectivity index (χ1) is 12.3. The van der Waals surface area contributed by atoms with E-state index in [4.69, 9.17) is 9.47 Å². The van der Waals surface area contributed by atoms with Gasteiger partial charge in [0.2, 0.25) is 0 Å². The topological polar surface area (TPSA) is 67.8 Å². The number of rotatable bonds is 7. The Morgan fingerprint density at radius 3 is 2.58 bits per heavy atom. The molecule has 1 amide bonds. The molecular formula is C21H27NO4. The highest BCUT2D eigenvalue weighted by Gasteiger charge is 2.17. The van der Waals surface area contributed by atoms with Gasteiger partial charge in [0.25, 0.3) is 5.91 Å². The maximum atomic E-state index is 12.6. The fourth-order valence-corrected chi connectivity index (χ4v) is 2.42. The monoisotopic (exact) mass is 357 g/mol. The van der Waals surface area contributed by atoms with Crippen LogP contribution in [0.5, 0.6) is 11.5 Å². The largest absolute Gasteiger partial charge is 0.506 e. The second-order valence-corrected chi connectivity index (χ2v) is 7.16. The summed E-state index contributed by atoms with van der Waals surface area (Å²) in [5, 5.41) is 12.8. The number of phenolic OH excluding ortho intramolecular Hbond substituents is 1. The van der Waals surface area contributed by atoms with Gasteiger partial charge >= 0.3 is 0 Å². The molecule has 2 aromatic carbocycles. The Labute approximate surface area is 155 Å². The van der Waals surface area contributed by atoms with E-state index in [-0.39, 0.29) is 17.1 Å². The zero-order valence-electron chi connectivity index (χ0n) is 15.8. The Bertz CT molecular complexity index is 750. The SMILES string of the molecule is COCCCOc1cccc(C(=O)Nc2cc(C(C)(C)C)ccc2O)c1. The average Bonchev–Trinajstić information content (AvgIpc) is 2.60. The van der Waals surface area contributed by atoms with Crippen LogP contribution in [0.3, 0.4) is 0 Å². The highest BCUT2D eigenvalue weighted by molar-refractivity contribution is 6.05. The van der Waals surface area contributed by atoms with Gasteiger partial charge in [0, 0.05) is 25.7 Å². The molecule has 5 nitrogen and oxygen atoms in total. The first-order valence-corrected chi connectivity index (χ1v) is 8.68. The van der Waals surface area contributed by atoms with Crippen LogP contribution < -0.4 is 10.1 Å². The summed E-state index contributed by atoms with van der Waals surface area (Å²) in [6, 6.07) is 12.2. The summed E-state index contributed by atoms with van der Waals surface area (Å²) in [7, 11) is 1.65. The summed E-state index contributed by atoms with van der Waals surface area (Å²) in [4.78, 5) is 12.6. The van der Waals surface area contributed by atoms with Gasteiger partial charge in [0.05, 0.1) is 12.3 Å². The molecular weight excluding hydrogens is 330 g/mol. The summed E-state index contributed by atoms with van der Waals surface area (Å²) in [6.45, 7) is 7.39. The molecule has 0 aromatic heterocycles. The quantitative estimate of drug-likeness (QED) is 0.571. The third kappa shape index (κ3) is 5.49. The Kier molecular flexibility index (Phi) is 6.64. The van der Waals surface area contributed by atoms with E-state index in [1.807, 2.05) is 6.07 Å². The molecule has 0 atom stereocenters. The van der Waals surface area contributed by atoms with Gasteiger partial charge in [-0.25, -0.2) is 0 Å². The van der Waals surface area contributed by atoms with Crippen molar-refractivity contribution in [2.24, 2.45) is 0 Å². The molecule has 26 heavy (non-hydrogen) atoms. The van der Waals surface area contributed by atoms with Crippen molar-refractivity contribution >= 4 is 11.6 Å². The van der Waals surface area contributed by atoms with E-state index in [9.17, 15) is 9.90 Å². The number of hydrogen-bond acceptors (Lipinski definition) is 4. The molecule has 0 aliphatic heterocycles. The highest BCUT2D eigenvalue weighted by Crippen LogP contribution is 2.31. The molecule has 0 bridgehead atoms. The second-order valence-electron chi connectivity index (χ2n) is 7.16. The van der Waals surface area contributed by atoms with Crippen molar-refractivity contribution in [3.05, 3.63) is 53.6 Å². The molecule has 0 aliphatic carbocycles. The van der Waals surface area contributed by atoms with E-state index in [0.717, 1.165) is 12.0 Å². The third-order valence-corrected chi connectivity index (χ3v) is 3.97. The summed E-state index contributed by atoms with van der Waals surface area (Å²) in [5.41, 5.74) is 1.81. The molecule has 140 valence electrons. The van der Waals surface area contributed by atoms with Gasteiger partial charge in [-0.3, -0.25) is 4.79 Å². The number of carbonyl (C=O) groups excluding carboxylic acids is 1. The second kappa shape index (κ2) is 8.72. The molecule has 0 saturated heterocycles. The number of phenols is 1. The number of carbonyl (C=O) groups is 1. The lowest BCUT2D eigenvalue weighted by Gasteiger charge is -2.20. The maximum Gasteiger partial charge on any atom is 0.255 e. The van der Waals surface area contributed by atoms with Gasteiger partial charge in [-0.2, -0.15) is 0 Å². The van der Waals surface area contributed by atoms with Gasteiger partial charge in [-0.1, -0.05) is 32.9 Å². The van der Waals surface area contributed by atoms with E-state index in [1.165, 1.54) is 0 Å². The molecule has 2 rings (SSSR count). The molecule has 0 aliphatic rings. The molecule has 0 saturated carbocycles. The normalized spacial score (nSPS) is 11.2. The third-order valence-electron chi connectivity index (χ3n) is 3.97. The lowest BCUT2D eigenvalue weighted by atomic mass is 9.87. The van der Waals surface area contributed by atoms with Crippen molar-refractivity contribution < 1.29 is 19.4 Å². The number of nitrogens with one attached hydrogen (secondary N) is 1. The highest BCUT2D eigenvalue weighted by atomic mass is 16.5. The van der Waals surface area contributed by atoms with Crippen molar-refractivity contribution in [3.63, 3.8) is 0 Å². The predicted molar refractivity (Wildman–Crippen MR) is 103 cm³/mol. The molecule has 5 heteroatoms. The number of methoxy groups -OCH3 is 1. The van der Waals surface area contributed by atoms with E-state index in [0.29, 0.717) is 30.2 Å². The number of ether oxygens (including phenoxy) is 2. The zero-order chi connectivity index (χ0) is 19.2. The summed E-state index contributed by atoms with van der Waals surface area (Å²) in [6.07, 6.45) is 0.778. The van der Waals surface area contributed by atoms with E-state index >= 15 is 0 Å². The van der Waals surface area contributed by atoms with Crippen LogP contribution in [0.15, 0.2) is 42.5 Å². The number of aromatic hydroxyl groups is 1. The number of amides is 1.